The van der Waals surface area contributed by atoms with Gasteiger partial charge in [0.25, 0.3) is 0 Å². The van der Waals surface area contributed by atoms with E-state index >= 15 is 0 Å². The van der Waals surface area contributed by atoms with Crippen molar-refractivity contribution >= 4 is 0 Å². The van der Waals surface area contributed by atoms with Gasteiger partial charge in [0, 0.05) is 31.4 Å². The maximum Gasteiger partial charge on any atom is 0.0945 e. The smallest absolute Gasteiger partial charge is 0.0945 e. The van der Waals surface area contributed by atoms with Crippen LogP contribution in [0, 0.1) is 0 Å². The number of aryl methyl sites for hydroxylation is 1. The highest BCUT2D eigenvalue weighted by atomic mass is 16.3. The van der Waals surface area contributed by atoms with E-state index in [0.717, 1.165) is 32.5 Å². The van der Waals surface area contributed by atoms with Gasteiger partial charge in [-0.05, 0) is 38.8 Å². The first kappa shape index (κ1) is 14.1. The third kappa shape index (κ3) is 3.07. The molecule has 1 saturated carbocycles. The average molecular weight is 277 g/mol. The quantitative estimate of drug-likeness (QED) is 0.921. The Bertz CT molecular complexity index is 429. The summed E-state index contributed by atoms with van der Waals surface area (Å²) in [6, 6.07) is 0. The molecule has 0 amide bonds. The Kier molecular flexibility index (Phi) is 4.13. The van der Waals surface area contributed by atoms with Gasteiger partial charge in [0.2, 0.25) is 0 Å². The molecule has 0 aromatic carbocycles. The summed E-state index contributed by atoms with van der Waals surface area (Å²) >= 11 is 0. The third-order valence-electron chi connectivity index (χ3n) is 5.16. The number of β-amino-alcohol motifs (C(OH)–C–C–N with tert-alkyl or cyclic N) is 1. The van der Waals surface area contributed by atoms with Gasteiger partial charge >= 0.3 is 0 Å². The summed E-state index contributed by atoms with van der Waals surface area (Å²) in [6.07, 6.45) is 12.0. The lowest BCUT2D eigenvalue weighted by atomic mass is 9.83. The summed E-state index contributed by atoms with van der Waals surface area (Å²) in [7, 11) is 2.08. The molecule has 2 fully saturated rings. The molecule has 1 N–H and O–H groups in total. The van der Waals surface area contributed by atoms with Crippen LogP contribution in [0.1, 0.15) is 56.6 Å². The van der Waals surface area contributed by atoms with E-state index in [2.05, 4.69) is 21.5 Å². The van der Waals surface area contributed by atoms with Gasteiger partial charge in [0.05, 0.1) is 11.9 Å². The van der Waals surface area contributed by atoms with Gasteiger partial charge in [-0.15, -0.1) is 0 Å². The molecule has 1 aromatic heterocycles. The van der Waals surface area contributed by atoms with Gasteiger partial charge in [0.1, 0.15) is 0 Å². The van der Waals surface area contributed by atoms with Crippen LogP contribution in [-0.4, -0.2) is 44.8 Å². The molecule has 0 atom stereocenters. The molecule has 0 unspecified atom stereocenters. The minimum atomic E-state index is -0.405. The Hall–Kier alpha value is -0.870. The predicted octanol–water partition coefficient (Wildman–Crippen LogP) is 2.29. The first-order chi connectivity index (χ1) is 9.66. The lowest BCUT2D eigenvalue weighted by Gasteiger charge is -2.40. The number of likely N-dealkylation sites (tertiary alicyclic amines) is 1. The fourth-order valence-corrected chi connectivity index (χ4v) is 3.93. The minimum Gasteiger partial charge on any atom is -0.389 e. The molecule has 1 saturated heterocycles. The van der Waals surface area contributed by atoms with E-state index < -0.39 is 5.60 Å². The van der Waals surface area contributed by atoms with Crippen molar-refractivity contribution in [3.05, 3.63) is 18.2 Å². The van der Waals surface area contributed by atoms with E-state index in [0.29, 0.717) is 5.92 Å². The fraction of sp³-hybridized carbons (Fsp3) is 0.812. The van der Waals surface area contributed by atoms with Crippen molar-refractivity contribution in [3.63, 3.8) is 0 Å². The molecule has 4 nitrogen and oxygen atoms in total. The van der Waals surface area contributed by atoms with Crippen molar-refractivity contribution in [2.24, 2.45) is 7.05 Å². The van der Waals surface area contributed by atoms with Crippen LogP contribution >= 0.6 is 0 Å². The largest absolute Gasteiger partial charge is 0.389 e. The van der Waals surface area contributed by atoms with Gasteiger partial charge in [-0.3, -0.25) is 0 Å². The third-order valence-corrected chi connectivity index (χ3v) is 5.16. The van der Waals surface area contributed by atoms with Crippen molar-refractivity contribution < 1.29 is 5.11 Å². The van der Waals surface area contributed by atoms with Crippen LogP contribution in [0.3, 0.4) is 0 Å². The summed E-state index contributed by atoms with van der Waals surface area (Å²) in [5.41, 5.74) is 0.957. The number of nitrogens with zero attached hydrogens (tertiary/aromatic N) is 3. The lowest BCUT2D eigenvalue weighted by Crippen LogP contribution is -2.47. The van der Waals surface area contributed by atoms with E-state index in [4.69, 9.17) is 0 Å². The summed E-state index contributed by atoms with van der Waals surface area (Å²) < 4.78 is 2.15. The molecule has 2 aliphatic rings. The Morgan fingerprint density at radius 1 is 1.25 bits per heavy atom. The topological polar surface area (TPSA) is 41.3 Å². The highest BCUT2D eigenvalue weighted by Gasteiger charge is 2.33. The van der Waals surface area contributed by atoms with Gasteiger partial charge in [-0.2, -0.15) is 0 Å². The first-order valence-corrected chi connectivity index (χ1v) is 8.07. The number of imidazole rings is 1. The molecule has 3 rings (SSSR count). The Balaban J connectivity index is 1.52. The highest BCUT2D eigenvalue weighted by Crippen LogP contribution is 2.32. The van der Waals surface area contributed by atoms with E-state index in [1.807, 2.05) is 12.5 Å². The van der Waals surface area contributed by atoms with E-state index in [9.17, 15) is 5.11 Å². The second kappa shape index (κ2) is 5.86. The summed E-state index contributed by atoms with van der Waals surface area (Å²) in [5, 5.41) is 10.7. The molecule has 0 spiro atoms. The molecule has 1 aromatic rings. The lowest BCUT2D eigenvalue weighted by molar-refractivity contribution is -0.0308. The maximum absolute atomic E-state index is 10.7. The number of rotatable bonds is 3. The minimum absolute atomic E-state index is 0.405. The van der Waals surface area contributed by atoms with Crippen molar-refractivity contribution in [3.8, 4) is 0 Å². The molecular weight excluding hydrogens is 250 g/mol. The maximum atomic E-state index is 10.7. The van der Waals surface area contributed by atoms with E-state index in [1.54, 1.807) is 0 Å². The zero-order valence-electron chi connectivity index (χ0n) is 12.6. The van der Waals surface area contributed by atoms with Crippen LogP contribution in [0.4, 0.5) is 0 Å². The fourth-order valence-electron chi connectivity index (χ4n) is 3.93. The summed E-state index contributed by atoms with van der Waals surface area (Å²) in [4.78, 5) is 6.70. The Morgan fingerprint density at radius 3 is 2.55 bits per heavy atom. The van der Waals surface area contributed by atoms with E-state index in [1.165, 1.54) is 37.8 Å². The standard InChI is InChI=1S/C16H27N3O/c1-18-13-17-11-15(18)14-5-9-19(10-6-14)12-16(20)7-3-2-4-8-16/h11,13-14,20H,2-10,12H2,1H3. The molecule has 0 bridgehead atoms. The van der Waals surface area contributed by atoms with Crippen molar-refractivity contribution in [2.45, 2.75) is 56.5 Å². The first-order valence-electron chi connectivity index (χ1n) is 8.07. The number of piperidine rings is 1. The van der Waals surface area contributed by atoms with Crippen LogP contribution in [0.2, 0.25) is 0 Å². The summed E-state index contributed by atoms with van der Waals surface area (Å²) in [5.74, 6) is 0.639. The molecule has 20 heavy (non-hydrogen) atoms. The molecule has 112 valence electrons. The molecule has 1 aliphatic heterocycles. The molecule has 2 heterocycles. The van der Waals surface area contributed by atoms with Crippen LogP contribution in [0.15, 0.2) is 12.5 Å². The van der Waals surface area contributed by atoms with Gasteiger partial charge in [0.15, 0.2) is 0 Å². The summed E-state index contributed by atoms with van der Waals surface area (Å²) in [6.45, 7) is 3.10. The second-order valence-corrected chi connectivity index (χ2v) is 6.76. The van der Waals surface area contributed by atoms with Gasteiger partial charge < -0.3 is 14.6 Å². The van der Waals surface area contributed by atoms with Crippen LogP contribution in [-0.2, 0) is 7.05 Å². The van der Waals surface area contributed by atoms with Crippen molar-refractivity contribution in [1.29, 1.82) is 0 Å². The van der Waals surface area contributed by atoms with Crippen LogP contribution < -0.4 is 0 Å². The average Bonchev–Trinajstić information content (AvgIpc) is 2.86. The van der Waals surface area contributed by atoms with Crippen molar-refractivity contribution in [1.82, 2.24) is 14.5 Å². The zero-order chi connectivity index (χ0) is 14.0. The van der Waals surface area contributed by atoms with Gasteiger partial charge in [-0.1, -0.05) is 19.3 Å². The number of aromatic nitrogens is 2. The predicted molar refractivity (Wildman–Crippen MR) is 79.7 cm³/mol. The number of hydrogen-bond acceptors (Lipinski definition) is 3. The zero-order valence-corrected chi connectivity index (χ0v) is 12.6. The molecule has 0 radical (unpaired) electrons. The second-order valence-electron chi connectivity index (χ2n) is 6.76. The van der Waals surface area contributed by atoms with E-state index in [-0.39, 0.29) is 0 Å². The molecule has 4 heteroatoms. The number of aliphatic hydroxyl groups is 1. The van der Waals surface area contributed by atoms with Crippen molar-refractivity contribution in [2.75, 3.05) is 19.6 Å². The number of hydrogen-bond donors (Lipinski definition) is 1. The highest BCUT2D eigenvalue weighted by molar-refractivity contribution is 5.07. The van der Waals surface area contributed by atoms with Gasteiger partial charge in [-0.25, -0.2) is 4.98 Å². The normalized spacial score (nSPS) is 24.9. The Labute approximate surface area is 121 Å². The van der Waals surface area contributed by atoms with Crippen LogP contribution in [0.5, 0.6) is 0 Å². The van der Waals surface area contributed by atoms with Crippen LogP contribution in [0.25, 0.3) is 0 Å². The SMILES string of the molecule is Cn1cncc1C1CCN(CC2(O)CCCCC2)CC1. The monoisotopic (exact) mass is 277 g/mol. The molecular formula is C16H27N3O. The molecule has 1 aliphatic carbocycles. The Morgan fingerprint density at radius 2 is 1.95 bits per heavy atom.